The fourth-order valence-electron chi connectivity index (χ4n) is 1.83. The van der Waals surface area contributed by atoms with Crippen LogP contribution in [0.3, 0.4) is 0 Å². The van der Waals surface area contributed by atoms with Crippen LogP contribution in [0.15, 0.2) is 30.3 Å². The Kier molecular flexibility index (Phi) is 5.78. The highest BCUT2D eigenvalue weighted by Crippen LogP contribution is 2.14. The summed E-state index contributed by atoms with van der Waals surface area (Å²) in [4.78, 5) is 2.02. The molecule has 4 nitrogen and oxygen atoms in total. The van der Waals surface area contributed by atoms with E-state index in [1.165, 1.54) is 11.8 Å². The van der Waals surface area contributed by atoms with Gasteiger partial charge in [-0.1, -0.05) is 30.3 Å². The van der Waals surface area contributed by atoms with Crippen molar-refractivity contribution in [2.24, 2.45) is 5.73 Å². The van der Waals surface area contributed by atoms with E-state index in [0.717, 1.165) is 6.54 Å². The second kappa shape index (κ2) is 6.87. The van der Waals surface area contributed by atoms with Crippen LogP contribution in [0.4, 0.5) is 0 Å². The molecule has 1 atom stereocenters. The Morgan fingerprint density at radius 2 is 1.89 bits per heavy atom. The Labute approximate surface area is 110 Å². The lowest BCUT2D eigenvalue weighted by molar-refractivity contribution is 0.329. The third-order valence-corrected chi connectivity index (χ3v) is 3.86. The molecule has 0 bridgehead atoms. The molecule has 2 N–H and O–H groups in total. The summed E-state index contributed by atoms with van der Waals surface area (Å²) >= 11 is 0. The third kappa shape index (κ3) is 5.62. The molecule has 102 valence electrons. The standard InChI is InChI=1S/C13H22N2O2S/c1-15(8-9-18(2,16)17)11-13(10-14)12-6-4-3-5-7-12/h3-7,13H,8-11,14H2,1-2H3. The molecule has 0 saturated carbocycles. The first-order chi connectivity index (χ1) is 8.42. The van der Waals surface area contributed by atoms with Gasteiger partial charge >= 0.3 is 0 Å². The van der Waals surface area contributed by atoms with Crippen molar-refractivity contribution in [1.82, 2.24) is 4.90 Å². The van der Waals surface area contributed by atoms with Crippen molar-refractivity contribution in [3.05, 3.63) is 35.9 Å². The number of benzene rings is 1. The fraction of sp³-hybridized carbons (Fsp3) is 0.538. The summed E-state index contributed by atoms with van der Waals surface area (Å²) < 4.78 is 22.2. The van der Waals surface area contributed by atoms with Crippen LogP contribution in [0.25, 0.3) is 0 Å². The molecule has 1 rings (SSSR count). The van der Waals surface area contributed by atoms with Gasteiger partial charge in [-0.3, -0.25) is 0 Å². The molecule has 0 aliphatic heterocycles. The van der Waals surface area contributed by atoms with Crippen molar-refractivity contribution in [2.45, 2.75) is 5.92 Å². The average molecular weight is 270 g/mol. The number of hydrogen-bond donors (Lipinski definition) is 1. The van der Waals surface area contributed by atoms with E-state index < -0.39 is 9.84 Å². The van der Waals surface area contributed by atoms with Gasteiger partial charge in [-0.25, -0.2) is 8.42 Å². The molecular formula is C13H22N2O2S. The van der Waals surface area contributed by atoms with E-state index in [9.17, 15) is 8.42 Å². The Morgan fingerprint density at radius 1 is 1.28 bits per heavy atom. The van der Waals surface area contributed by atoms with Gasteiger partial charge in [0.25, 0.3) is 0 Å². The molecule has 0 aromatic heterocycles. The lowest BCUT2D eigenvalue weighted by atomic mass is 9.99. The molecule has 0 saturated heterocycles. The van der Waals surface area contributed by atoms with Gasteiger partial charge in [-0.15, -0.1) is 0 Å². The summed E-state index contributed by atoms with van der Waals surface area (Å²) in [6.07, 6.45) is 1.26. The molecule has 18 heavy (non-hydrogen) atoms. The summed E-state index contributed by atoms with van der Waals surface area (Å²) in [7, 11) is -0.972. The van der Waals surface area contributed by atoms with Crippen molar-refractivity contribution >= 4 is 9.84 Å². The maximum absolute atomic E-state index is 11.1. The number of sulfone groups is 1. The predicted molar refractivity (Wildman–Crippen MR) is 75.4 cm³/mol. The van der Waals surface area contributed by atoms with Crippen LogP contribution >= 0.6 is 0 Å². The van der Waals surface area contributed by atoms with E-state index >= 15 is 0 Å². The molecular weight excluding hydrogens is 248 g/mol. The molecule has 5 heteroatoms. The Morgan fingerprint density at radius 3 is 2.39 bits per heavy atom. The smallest absolute Gasteiger partial charge is 0.148 e. The van der Waals surface area contributed by atoms with Crippen molar-refractivity contribution in [3.8, 4) is 0 Å². The topological polar surface area (TPSA) is 63.4 Å². The highest BCUT2D eigenvalue weighted by molar-refractivity contribution is 7.90. The first-order valence-corrected chi connectivity index (χ1v) is 8.09. The van der Waals surface area contributed by atoms with Gasteiger partial charge in [0, 0.05) is 31.8 Å². The molecule has 0 amide bonds. The number of likely N-dealkylation sites (N-methyl/N-ethyl adjacent to an activating group) is 1. The van der Waals surface area contributed by atoms with Crippen LogP contribution in [0, 0.1) is 0 Å². The highest BCUT2D eigenvalue weighted by Gasteiger charge is 2.13. The summed E-state index contributed by atoms with van der Waals surface area (Å²) in [6, 6.07) is 10.1. The molecule has 1 aromatic carbocycles. The summed E-state index contributed by atoms with van der Waals surface area (Å²) in [5, 5.41) is 0. The number of nitrogens with zero attached hydrogens (tertiary/aromatic N) is 1. The van der Waals surface area contributed by atoms with Crippen molar-refractivity contribution < 1.29 is 8.42 Å². The fourth-order valence-corrected chi connectivity index (χ4v) is 2.47. The van der Waals surface area contributed by atoms with E-state index in [2.05, 4.69) is 12.1 Å². The van der Waals surface area contributed by atoms with Gasteiger partial charge in [0.2, 0.25) is 0 Å². The first-order valence-electron chi connectivity index (χ1n) is 6.03. The molecule has 0 aliphatic carbocycles. The van der Waals surface area contributed by atoms with Crippen LogP contribution in [-0.2, 0) is 9.84 Å². The van der Waals surface area contributed by atoms with Crippen LogP contribution in [0.1, 0.15) is 11.5 Å². The molecule has 0 heterocycles. The van der Waals surface area contributed by atoms with E-state index in [1.807, 2.05) is 30.1 Å². The number of rotatable bonds is 7. The SMILES string of the molecule is CN(CCS(C)(=O)=O)CC(CN)c1ccccc1. The molecule has 0 aliphatic rings. The monoisotopic (exact) mass is 270 g/mol. The van der Waals surface area contributed by atoms with E-state index in [1.54, 1.807) is 0 Å². The zero-order valence-electron chi connectivity index (χ0n) is 11.0. The van der Waals surface area contributed by atoms with Gasteiger partial charge in [0.15, 0.2) is 0 Å². The summed E-state index contributed by atoms with van der Waals surface area (Å²) in [5.74, 6) is 0.436. The second-order valence-electron chi connectivity index (χ2n) is 4.74. The Balaban J connectivity index is 2.54. The molecule has 1 unspecified atom stereocenters. The molecule has 0 fully saturated rings. The molecule has 1 aromatic rings. The second-order valence-corrected chi connectivity index (χ2v) is 7.00. The van der Waals surface area contributed by atoms with Crippen LogP contribution < -0.4 is 5.73 Å². The molecule has 0 radical (unpaired) electrons. The lowest BCUT2D eigenvalue weighted by Gasteiger charge is -2.23. The summed E-state index contributed by atoms with van der Waals surface area (Å²) in [5.41, 5.74) is 6.99. The highest BCUT2D eigenvalue weighted by atomic mass is 32.2. The minimum absolute atomic E-state index is 0.190. The number of hydrogen-bond acceptors (Lipinski definition) is 4. The normalized spacial score (nSPS) is 13.8. The zero-order valence-corrected chi connectivity index (χ0v) is 11.9. The van der Waals surface area contributed by atoms with E-state index in [0.29, 0.717) is 13.1 Å². The van der Waals surface area contributed by atoms with Crippen LogP contribution in [0.2, 0.25) is 0 Å². The van der Waals surface area contributed by atoms with Crippen molar-refractivity contribution in [1.29, 1.82) is 0 Å². The van der Waals surface area contributed by atoms with Crippen LogP contribution in [0.5, 0.6) is 0 Å². The van der Waals surface area contributed by atoms with Crippen LogP contribution in [-0.4, -0.2) is 52.0 Å². The van der Waals surface area contributed by atoms with Gasteiger partial charge in [-0.2, -0.15) is 0 Å². The minimum atomic E-state index is -2.90. The maximum atomic E-state index is 11.1. The maximum Gasteiger partial charge on any atom is 0.148 e. The average Bonchev–Trinajstić information content (AvgIpc) is 2.33. The van der Waals surface area contributed by atoms with Gasteiger partial charge < -0.3 is 10.6 Å². The lowest BCUT2D eigenvalue weighted by Crippen LogP contribution is -2.32. The largest absolute Gasteiger partial charge is 0.330 e. The van der Waals surface area contributed by atoms with Crippen molar-refractivity contribution in [3.63, 3.8) is 0 Å². The number of nitrogens with two attached hydrogens (primary N) is 1. The first kappa shape index (κ1) is 15.1. The van der Waals surface area contributed by atoms with Gasteiger partial charge in [0.1, 0.15) is 9.84 Å². The quantitative estimate of drug-likeness (QED) is 0.792. The Bertz CT molecular complexity index is 445. The third-order valence-electron chi connectivity index (χ3n) is 2.93. The van der Waals surface area contributed by atoms with E-state index in [-0.39, 0.29) is 11.7 Å². The minimum Gasteiger partial charge on any atom is -0.330 e. The van der Waals surface area contributed by atoms with Crippen molar-refractivity contribution in [2.75, 3.05) is 38.7 Å². The summed E-state index contributed by atoms with van der Waals surface area (Å²) in [6.45, 7) is 1.88. The van der Waals surface area contributed by atoms with E-state index in [4.69, 9.17) is 5.73 Å². The molecule has 0 spiro atoms. The Hall–Kier alpha value is -0.910. The van der Waals surface area contributed by atoms with Gasteiger partial charge in [0.05, 0.1) is 5.75 Å². The van der Waals surface area contributed by atoms with Gasteiger partial charge in [-0.05, 0) is 12.6 Å². The predicted octanol–water partition coefficient (Wildman–Crippen LogP) is 0.705. The zero-order chi connectivity index (χ0) is 13.6.